The van der Waals surface area contributed by atoms with Crippen molar-refractivity contribution < 1.29 is 4.79 Å². The lowest BCUT2D eigenvalue weighted by Gasteiger charge is -2.31. The van der Waals surface area contributed by atoms with Gasteiger partial charge in [0.2, 0.25) is 5.91 Å². The van der Waals surface area contributed by atoms with Gasteiger partial charge in [-0.2, -0.15) is 0 Å². The number of piperidine rings is 1. The van der Waals surface area contributed by atoms with E-state index in [1.807, 2.05) is 0 Å². The molecule has 1 amide bonds. The summed E-state index contributed by atoms with van der Waals surface area (Å²) in [5.74, 6) is 0.690. The van der Waals surface area contributed by atoms with Crippen LogP contribution in [0.5, 0.6) is 0 Å². The lowest BCUT2D eigenvalue weighted by Crippen LogP contribution is -2.44. The van der Waals surface area contributed by atoms with Gasteiger partial charge >= 0.3 is 0 Å². The fourth-order valence-electron chi connectivity index (χ4n) is 2.57. The van der Waals surface area contributed by atoms with Crippen LogP contribution in [-0.4, -0.2) is 36.0 Å². The van der Waals surface area contributed by atoms with Gasteiger partial charge in [-0.05, 0) is 46.1 Å². The van der Waals surface area contributed by atoms with Crippen molar-refractivity contribution in [3.05, 3.63) is 0 Å². The second kappa shape index (κ2) is 5.87. The van der Waals surface area contributed by atoms with Crippen molar-refractivity contribution >= 4 is 18.3 Å². The number of carbonyl (C=O) groups excluding carboxylic acids is 1. The molecule has 0 unspecified atom stereocenters. The van der Waals surface area contributed by atoms with Crippen molar-refractivity contribution in [3.8, 4) is 0 Å². The van der Waals surface area contributed by atoms with Crippen LogP contribution in [-0.2, 0) is 4.79 Å². The van der Waals surface area contributed by atoms with Gasteiger partial charge in [0.1, 0.15) is 0 Å². The molecule has 0 aromatic rings. The summed E-state index contributed by atoms with van der Waals surface area (Å²) in [6.07, 6.45) is 4.48. The van der Waals surface area contributed by atoms with E-state index in [1.54, 1.807) is 0 Å². The molecule has 0 bridgehead atoms. The third kappa shape index (κ3) is 3.11. The molecule has 16 heavy (non-hydrogen) atoms. The van der Waals surface area contributed by atoms with E-state index in [9.17, 15) is 4.79 Å². The maximum absolute atomic E-state index is 12.3. The Morgan fingerprint density at radius 2 is 2.06 bits per heavy atom. The summed E-state index contributed by atoms with van der Waals surface area (Å²) in [7, 11) is 0. The number of hydrogen-bond donors (Lipinski definition) is 1. The standard InChI is InChI=1S/C12H22N2O.ClH/c1-3-14(11-4-5-11)12(15)10-6-7-13-9(2)8-10;/h9-11,13H,3-8H2,1-2H3;1H/t9-,10-;/m0./s1. The lowest BCUT2D eigenvalue weighted by atomic mass is 9.92. The van der Waals surface area contributed by atoms with Crippen LogP contribution in [0.25, 0.3) is 0 Å². The fraction of sp³-hybridized carbons (Fsp3) is 0.917. The molecule has 0 radical (unpaired) electrons. The van der Waals surface area contributed by atoms with Crippen LogP contribution in [0.3, 0.4) is 0 Å². The number of carbonyl (C=O) groups is 1. The maximum atomic E-state index is 12.3. The van der Waals surface area contributed by atoms with E-state index >= 15 is 0 Å². The zero-order valence-corrected chi connectivity index (χ0v) is 11.1. The molecular formula is C12H23ClN2O. The van der Waals surface area contributed by atoms with E-state index < -0.39 is 0 Å². The molecule has 94 valence electrons. The Balaban J connectivity index is 0.00000128. The van der Waals surface area contributed by atoms with Crippen LogP contribution >= 0.6 is 12.4 Å². The summed E-state index contributed by atoms with van der Waals surface area (Å²) in [6, 6.07) is 1.08. The van der Waals surface area contributed by atoms with Crippen LogP contribution in [0.1, 0.15) is 39.5 Å². The highest BCUT2D eigenvalue weighted by atomic mass is 35.5. The largest absolute Gasteiger partial charge is 0.340 e. The molecule has 2 rings (SSSR count). The average molecular weight is 247 g/mol. The molecule has 1 heterocycles. The number of hydrogen-bond acceptors (Lipinski definition) is 2. The Morgan fingerprint density at radius 1 is 1.38 bits per heavy atom. The van der Waals surface area contributed by atoms with Gasteiger partial charge in [0.15, 0.2) is 0 Å². The molecule has 1 saturated carbocycles. The second-order valence-corrected chi connectivity index (χ2v) is 4.93. The minimum absolute atomic E-state index is 0. The summed E-state index contributed by atoms with van der Waals surface area (Å²) in [4.78, 5) is 14.4. The van der Waals surface area contributed by atoms with Crippen LogP contribution in [0.15, 0.2) is 0 Å². The molecule has 3 nitrogen and oxygen atoms in total. The molecule has 1 aliphatic carbocycles. The van der Waals surface area contributed by atoms with E-state index in [-0.39, 0.29) is 18.3 Å². The normalized spacial score (nSPS) is 29.4. The summed E-state index contributed by atoms with van der Waals surface area (Å²) < 4.78 is 0. The molecule has 0 aromatic heterocycles. The number of rotatable bonds is 3. The molecule has 2 atom stereocenters. The molecule has 1 saturated heterocycles. The van der Waals surface area contributed by atoms with Crippen molar-refractivity contribution in [2.24, 2.45) is 5.92 Å². The van der Waals surface area contributed by atoms with E-state index in [4.69, 9.17) is 0 Å². The SMILES string of the molecule is CCN(C(=O)[C@H]1CCN[C@@H](C)C1)C1CC1.Cl. The number of halogens is 1. The van der Waals surface area contributed by atoms with Crippen LogP contribution < -0.4 is 5.32 Å². The molecule has 1 aliphatic heterocycles. The molecule has 1 N–H and O–H groups in total. The lowest BCUT2D eigenvalue weighted by molar-refractivity contribution is -0.137. The van der Waals surface area contributed by atoms with E-state index in [2.05, 4.69) is 24.1 Å². The van der Waals surface area contributed by atoms with Gasteiger partial charge in [-0.15, -0.1) is 12.4 Å². The Morgan fingerprint density at radius 3 is 2.56 bits per heavy atom. The maximum Gasteiger partial charge on any atom is 0.226 e. The first kappa shape index (κ1) is 13.8. The van der Waals surface area contributed by atoms with Crippen molar-refractivity contribution in [1.82, 2.24) is 10.2 Å². The van der Waals surface area contributed by atoms with E-state index in [0.29, 0.717) is 18.0 Å². The first-order valence-electron chi connectivity index (χ1n) is 6.26. The van der Waals surface area contributed by atoms with Crippen LogP contribution in [0, 0.1) is 5.92 Å². The summed E-state index contributed by atoms with van der Waals surface area (Å²) in [6.45, 7) is 6.16. The highest BCUT2D eigenvalue weighted by Crippen LogP contribution is 2.29. The van der Waals surface area contributed by atoms with Crippen LogP contribution in [0.4, 0.5) is 0 Å². The molecule has 2 aliphatic rings. The Bertz CT molecular complexity index is 243. The minimum Gasteiger partial charge on any atom is -0.340 e. The zero-order valence-electron chi connectivity index (χ0n) is 10.2. The highest BCUT2D eigenvalue weighted by molar-refractivity contribution is 5.85. The summed E-state index contributed by atoms with van der Waals surface area (Å²) >= 11 is 0. The van der Waals surface area contributed by atoms with Crippen molar-refractivity contribution in [2.45, 2.75) is 51.6 Å². The van der Waals surface area contributed by atoms with Crippen molar-refractivity contribution in [3.63, 3.8) is 0 Å². The predicted molar refractivity (Wildman–Crippen MR) is 67.8 cm³/mol. The van der Waals surface area contributed by atoms with Gasteiger partial charge in [0.05, 0.1) is 0 Å². The molecular weight excluding hydrogens is 224 g/mol. The quantitative estimate of drug-likeness (QED) is 0.824. The Kier molecular flexibility index (Phi) is 5.06. The fourth-order valence-corrected chi connectivity index (χ4v) is 2.57. The first-order valence-corrected chi connectivity index (χ1v) is 6.26. The van der Waals surface area contributed by atoms with Gasteiger partial charge < -0.3 is 10.2 Å². The third-order valence-corrected chi connectivity index (χ3v) is 3.58. The van der Waals surface area contributed by atoms with Gasteiger partial charge in [-0.25, -0.2) is 0 Å². The second-order valence-electron chi connectivity index (χ2n) is 4.93. The topological polar surface area (TPSA) is 32.3 Å². The molecule has 2 fully saturated rings. The van der Waals surface area contributed by atoms with Crippen LogP contribution in [0.2, 0.25) is 0 Å². The minimum atomic E-state index is 0. The zero-order chi connectivity index (χ0) is 10.8. The summed E-state index contributed by atoms with van der Waals surface area (Å²) in [5, 5.41) is 3.40. The Hall–Kier alpha value is -0.280. The van der Waals surface area contributed by atoms with Gasteiger partial charge in [-0.3, -0.25) is 4.79 Å². The van der Waals surface area contributed by atoms with Crippen molar-refractivity contribution in [2.75, 3.05) is 13.1 Å². The first-order chi connectivity index (χ1) is 7.22. The number of nitrogens with one attached hydrogen (secondary N) is 1. The van der Waals surface area contributed by atoms with Gasteiger partial charge in [-0.1, -0.05) is 0 Å². The van der Waals surface area contributed by atoms with E-state index in [0.717, 1.165) is 25.9 Å². The predicted octanol–water partition coefficient (Wildman–Crippen LogP) is 1.81. The highest BCUT2D eigenvalue weighted by Gasteiger charge is 2.35. The monoisotopic (exact) mass is 246 g/mol. The third-order valence-electron chi connectivity index (χ3n) is 3.58. The van der Waals surface area contributed by atoms with E-state index in [1.165, 1.54) is 12.8 Å². The Labute approximate surface area is 104 Å². The number of nitrogens with zero attached hydrogens (tertiary/aromatic N) is 1. The van der Waals surface area contributed by atoms with Gasteiger partial charge in [0, 0.05) is 24.5 Å². The molecule has 4 heteroatoms. The molecule has 0 spiro atoms. The number of amides is 1. The van der Waals surface area contributed by atoms with Gasteiger partial charge in [0.25, 0.3) is 0 Å². The van der Waals surface area contributed by atoms with Crippen molar-refractivity contribution in [1.29, 1.82) is 0 Å². The average Bonchev–Trinajstić information content (AvgIpc) is 3.03. The molecule has 0 aromatic carbocycles. The summed E-state index contributed by atoms with van der Waals surface area (Å²) in [5.41, 5.74) is 0. The smallest absolute Gasteiger partial charge is 0.226 e.